The summed E-state index contributed by atoms with van der Waals surface area (Å²) in [5, 5.41) is 11.0. The Morgan fingerprint density at radius 3 is 2.09 bits per heavy atom. The van der Waals surface area contributed by atoms with Gasteiger partial charge in [0.25, 0.3) is 0 Å². The highest BCUT2D eigenvalue weighted by Gasteiger charge is 2.33. The van der Waals surface area contributed by atoms with Crippen molar-refractivity contribution in [2.45, 2.75) is 18.7 Å². The molecule has 2 heteroatoms. The van der Waals surface area contributed by atoms with E-state index in [1.165, 1.54) is 11.1 Å². The minimum absolute atomic E-state index is 0.128. The van der Waals surface area contributed by atoms with E-state index >= 15 is 0 Å². The molecule has 1 heterocycles. The fourth-order valence-electron chi connectivity index (χ4n) is 3.47. The molecule has 0 amide bonds. The van der Waals surface area contributed by atoms with E-state index in [2.05, 4.69) is 47.4 Å². The molecule has 1 aliphatic heterocycles. The second-order valence-electron chi connectivity index (χ2n) is 5.95. The molecule has 3 aromatic carbocycles. The molecule has 0 fully saturated rings. The van der Waals surface area contributed by atoms with Crippen LogP contribution in [0.5, 0.6) is 0 Å². The number of para-hydroxylation sites is 1. The Balaban J connectivity index is 1.85. The van der Waals surface area contributed by atoms with E-state index in [0.717, 1.165) is 17.7 Å². The first-order chi connectivity index (χ1) is 11.3. The zero-order valence-electron chi connectivity index (χ0n) is 12.8. The molecule has 0 radical (unpaired) electrons. The van der Waals surface area contributed by atoms with Gasteiger partial charge < -0.3 is 10.0 Å². The Kier molecular flexibility index (Phi) is 3.60. The Hall–Kier alpha value is -2.58. The number of hydrogen-bond acceptors (Lipinski definition) is 2. The average molecular weight is 301 g/mol. The highest BCUT2D eigenvalue weighted by atomic mass is 16.3. The third-order valence-corrected chi connectivity index (χ3v) is 4.58. The Bertz CT molecular complexity index is 785. The maximum absolute atomic E-state index is 11.0. The summed E-state index contributed by atoms with van der Waals surface area (Å²) in [7, 11) is 0. The summed E-state index contributed by atoms with van der Waals surface area (Å²) in [6, 6.07) is 28.9. The fraction of sp³-hybridized carbons (Fsp3) is 0.143. The average Bonchev–Trinajstić information content (AvgIpc) is 2.63. The molecule has 0 saturated heterocycles. The van der Waals surface area contributed by atoms with Crippen LogP contribution >= 0.6 is 0 Å². The maximum Gasteiger partial charge on any atom is 0.154 e. The van der Waals surface area contributed by atoms with Gasteiger partial charge in [0.1, 0.15) is 0 Å². The van der Waals surface area contributed by atoms with Crippen LogP contribution in [0, 0.1) is 0 Å². The lowest BCUT2D eigenvalue weighted by Crippen LogP contribution is -2.38. The van der Waals surface area contributed by atoms with Crippen molar-refractivity contribution in [3.8, 4) is 0 Å². The number of aliphatic hydroxyl groups excluding tert-OH is 1. The van der Waals surface area contributed by atoms with E-state index < -0.39 is 6.23 Å². The van der Waals surface area contributed by atoms with Crippen LogP contribution in [0.15, 0.2) is 84.9 Å². The predicted octanol–water partition coefficient (Wildman–Crippen LogP) is 4.48. The van der Waals surface area contributed by atoms with E-state index in [9.17, 15) is 5.11 Å². The first-order valence-corrected chi connectivity index (χ1v) is 7.99. The molecule has 0 aromatic heterocycles. The van der Waals surface area contributed by atoms with E-state index in [0.29, 0.717) is 0 Å². The van der Waals surface area contributed by atoms with Crippen molar-refractivity contribution in [3.63, 3.8) is 0 Å². The standard InChI is InChI=1S/C21H19NO/c23-21-19-14-8-7-11-17(19)15-20(16-9-3-1-4-10-16)22(21)18-12-5-2-6-13-18/h1-14,20-21,23H,15H2. The van der Waals surface area contributed by atoms with Crippen molar-refractivity contribution in [3.05, 3.63) is 102 Å². The molecule has 0 aliphatic carbocycles. The third-order valence-electron chi connectivity index (χ3n) is 4.58. The predicted molar refractivity (Wildman–Crippen MR) is 93.2 cm³/mol. The number of fused-ring (bicyclic) bond motifs is 1. The van der Waals surface area contributed by atoms with Crippen molar-refractivity contribution in [1.29, 1.82) is 0 Å². The normalized spacial score (nSPS) is 20.1. The minimum atomic E-state index is -0.632. The molecule has 1 N–H and O–H groups in total. The molecule has 0 bridgehead atoms. The monoisotopic (exact) mass is 301 g/mol. The van der Waals surface area contributed by atoms with Crippen molar-refractivity contribution in [2.24, 2.45) is 0 Å². The summed E-state index contributed by atoms with van der Waals surface area (Å²) in [5.41, 5.74) is 4.50. The van der Waals surface area contributed by atoms with Gasteiger partial charge in [0.2, 0.25) is 0 Å². The molecule has 0 spiro atoms. The molecule has 4 rings (SSSR count). The van der Waals surface area contributed by atoms with E-state index in [1.54, 1.807) is 0 Å². The van der Waals surface area contributed by atoms with Crippen LogP contribution in [-0.4, -0.2) is 5.11 Å². The van der Waals surface area contributed by atoms with Gasteiger partial charge in [0.15, 0.2) is 6.23 Å². The number of rotatable bonds is 2. The molecule has 3 aromatic rings. The van der Waals surface area contributed by atoms with Gasteiger partial charge >= 0.3 is 0 Å². The first kappa shape index (κ1) is 14.0. The van der Waals surface area contributed by atoms with Gasteiger partial charge in [-0.3, -0.25) is 0 Å². The molecular formula is C21H19NO. The molecule has 1 aliphatic rings. The SMILES string of the molecule is OC1c2ccccc2CC(c2ccccc2)N1c1ccccc1. The van der Waals surface area contributed by atoms with Gasteiger partial charge in [-0.15, -0.1) is 0 Å². The Morgan fingerprint density at radius 2 is 1.35 bits per heavy atom. The lowest BCUT2D eigenvalue weighted by molar-refractivity contribution is 0.150. The van der Waals surface area contributed by atoms with Crippen LogP contribution in [0.3, 0.4) is 0 Å². The van der Waals surface area contributed by atoms with Gasteiger partial charge in [0.05, 0.1) is 6.04 Å². The molecule has 23 heavy (non-hydrogen) atoms. The molecule has 0 saturated carbocycles. The van der Waals surface area contributed by atoms with Crippen LogP contribution in [0.1, 0.15) is 29.0 Å². The van der Waals surface area contributed by atoms with Gasteiger partial charge in [0, 0.05) is 11.3 Å². The molecule has 114 valence electrons. The van der Waals surface area contributed by atoms with Gasteiger partial charge in [-0.1, -0.05) is 72.8 Å². The minimum Gasteiger partial charge on any atom is -0.369 e. The highest BCUT2D eigenvalue weighted by Crippen LogP contribution is 2.41. The number of anilines is 1. The molecule has 2 nitrogen and oxygen atoms in total. The molecule has 2 unspecified atom stereocenters. The van der Waals surface area contributed by atoms with Gasteiger partial charge in [-0.25, -0.2) is 0 Å². The van der Waals surface area contributed by atoms with E-state index in [4.69, 9.17) is 0 Å². The third kappa shape index (κ3) is 2.51. The summed E-state index contributed by atoms with van der Waals surface area (Å²) < 4.78 is 0. The summed E-state index contributed by atoms with van der Waals surface area (Å²) in [4.78, 5) is 2.12. The van der Waals surface area contributed by atoms with Crippen molar-refractivity contribution >= 4 is 5.69 Å². The summed E-state index contributed by atoms with van der Waals surface area (Å²) in [6.07, 6.45) is 0.263. The second kappa shape index (κ2) is 5.90. The summed E-state index contributed by atoms with van der Waals surface area (Å²) >= 11 is 0. The largest absolute Gasteiger partial charge is 0.369 e. The number of aliphatic hydroxyl groups is 1. The van der Waals surface area contributed by atoms with Crippen molar-refractivity contribution in [2.75, 3.05) is 4.90 Å². The molecular weight excluding hydrogens is 282 g/mol. The first-order valence-electron chi connectivity index (χ1n) is 7.99. The van der Waals surface area contributed by atoms with Crippen LogP contribution in [0.25, 0.3) is 0 Å². The Labute approximate surface area is 136 Å². The van der Waals surface area contributed by atoms with Gasteiger partial charge in [-0.05, 0) is 29.7 Å². The van der Waals surface area contributed by atoms with E-state index in [-0.39, 0.29) is 6.04 Å². The van der Waals surface area contributed by atoms with Crippen LogP contribution in [-0.2, 0) is 6.42 Å². The molecule has 2 atom stereocenters. The topological polar surface area (TPSA) is 23.5 Å². The second-order valence-corrected chi connectivity index (χ2v) is 5.95. The van der Waals surface area contributed by atoms with Crippen molar-refractivity contribution in [1.82, 2.24) is 0 Å². The number of benzene rings is 3. The number of nitrogens with zero attached hydrogens (tertiary/aromatic N) is 1. The lowest BCUT2D eigenvalue weighted by Gasteiger charge is -2.42. The van der Waals surface area contributed by atoms with Crippen LogP contribution in [0.2, 0.25) is 0 Å². The summed E-state index contributed by atoms with van der Waals surface area (Å²) in [5.74, 6) is 0. The van der Waals surface area contributed by atoms with Crippen LogP contribution < -0.4 is 4.90 Å². The highest BCUT2D eigenvalue weighted by molar-refractivity contribution is 5.54. The zero-order chi connectivity index (χ0) is 15.6. The van der Waals surface area contributed by atoms with Crippen molar-refractivity contribution < 1.29 is 5.11 Å². The van der Waals surface area contributed by atoms with E-state index in [1.807, 2.05) is 42.5 Å². The Morgan fingerprint density at radius 1 is 0.739 bits per heavy atom. The van der Waals surface area contributed by atoms with Gasteiger partial charge in [-0.2, -0.15) is 0 Å². The zero-order valence-corrected chi connectivity index (χ0v) is 12.8. The van der Waals surface area contributed by atoms with Crippen LogP contribution in [0.4, 0.5) is 5.69 Å². The summed E-state index contributed by atoms with van der Waals surface area (Å²) in [6.45, 7) is 0. The lowest BCUT2D eigenvalue weighted by atomic mass is 9.88. The quantitative estimate of drug-likeness (QED) is 0.754. The smallest absolute Gasteiger partial charge is 0.154 e. The fourth-order valence-corrected chi connectivity index (χ4v) is 3.47. The number of hydrogen-bond donors (Lipinski definition) is 1. The maximum atomic E-state index is 11.0.